The van der Waals surface area contributed by atoms with Crippen molar-refractivity contribution in [3.63, 3.8) is 0 Å². The van der Waals surface area contributed by atoms with E-state index in [1.165, 1.54) is 12.0 Å². The zero-order valence-corrected chi connectivity index (χ0v) is 13.2. The van der Waals surface area contributed by atoms with Crippen molar-refractivity contribution in [1.29, 1.82) is 0 Å². The van der Waals surface area contributed by atoms with E-state index in [4.69, 9.17) is 29.0 Å². The molecular formula is C17H18Cl2N2. The number of halogens is 2. The highest BCUT2D eigenvalue weighted by Gasteiger charge is 2.46. The lowest BCUT2D eigenvalue weighted by Gasteiger charge is -2.48. The number of hydrogen-bond acceptors (Lipinski definition) is 2. The summed E-state index contributed by atoms with van der Waals surface area (Å²) in [5.41, 5.74) is 5.24. The lowest BCUT2D eigenvalue weighted by molar-refractivity contribution is 0.170. The Balaban J connectivity index is 2.08. The van der Waals surface area contributed by atoms with Crippen molar-refractivity contribution in [1.82, 2.24) is 5.43 Å². The van der Waals surface area contributed by atoms with Crippen LogP contribution in [0.1, 0.15) is 36.4 Å². The Hall–Kier alpha value is -1.06. The zero-order chi connectivity index (χ0) is 14.9. The minimum absolute atomic E-state index is 0.00959. The maximum absolute atomic E-state index is 6.41. The Labute approximate surface area is 135 Å². The van der Waals surface area contributed by atoms with Gasteiger partial charge < -0.3 is 0 Å². The fraction of sp³-hybridized carbons (Fsp3) is 0.294. The van der Waals surface area contributed by atoms with Gasteiger partial charge in [0.05, 0.1) is 16.1 Å². The highest BCUT2D eigenvalue weighted by atomic mass is 35.5. The van der Waals surface area contributed by atoms with Gasteiger partial charge in [-0.2, -0.15) is 0 Å². The molecule has 1 aliphatic rings. The molecular weight excluding hydrogens is 303 g/mol. The SMILES string of the molecule is NNC(c1cccc(Cl)c1Cl)C1(c2ccccc2)CCC1. The van der Waals surface area contributed by atoms with Crippen LogP contribution in [-0.2, 0) is 5.41 Å². The van der Waals surface area contributed by atoms with Crippen LogP contribution in [0, 0.1) is 0 Å². The first-order valence-electron chi connectivity index (χ1n) is 7.14. The molecule has 0 heterocycles. The molecule has 0 amide bonds. The first kappa shape index (κ1) is 14.9. The van der Waals surface area contributed by atoms with E-state index >= 15 is 0 Å². The number of hydrazine groups is 1. The first-order chi connectivity index (χ1) is 10.2. The molecule has 1 unspecified atom stereocenters. The van der Waals surface area contributed by atoms with Crippen molar-refractivity contribution in [3.05, 3.63) is 69.7 Å². The molecule has 0 aromatic heterocycles. The number of benzene rings is 2. The fourth-order valence-electron chi connectivity index (χ4n) is 3.36. The van der Waals surface area contributed by atoms with E-state index in [-0.39, 0.29) is 11.5 Å². The molecule has 0 aliphatic heterocycles. The Morgan fingerprint density at radius 2 is 1.71 bits per heavy atom. The molecule has 0 spiro atoms. The molecule has 1 fully saturated rings. The van der Waals surface area contributed by atoms with Crippen molar-refractivity contribution in [2.45, 2.75) is 30.7 Å². The number of rotatable bonds is 4. The minimum Gasteiger partial charge on any atom is -0.271 e. The van der Waals surface area contributed by atoms with Crippen LogP contribution < -0.4 is 11.3 Å². The summed E-state index contributed by atoms with van der Waals surface area (Å²) in [6.45, 7) is 0. The van der Waals surface area contributed by atoms with Crippen molar-refractivity contribution in [2.24, 2.45) is 5.84 Å². The van der Waals surface area contributed by atoms with Crippen LogP contribution in [-0.4, -0.2) is 0 Å². The number of nitrogens with two attached hydrogens (primary N) is 1. The summed E-state index contributed by atoms with van der Waals surface area (Å²) in [6.07, 6.45) is 3.38. The summed E-state index contributed by atoms with van der Waals surface area (Å²) in [7, 11) is 0. The summed E-state index contributed by atoms with van der Waals surface area (Å²) in [6, 6.07) is 16.2. The Bertz CT molecular complexity index is 624. The van der Waals surface area contributed by atoms with Crippen LogP contribution in [0.15, 0.2) is 48.5 Å². The van der Waals surface area contributed by atoms with Gasteiger partial charge in [-0.3, -0.25) is 11.3 Å². The first-order valence-corrected chi connectivity index (χ1v) is 7.90. The van der Waals surface area contributed by atoms with Gasteiger partial charge in [-0.25, -0.2) is 0 Å². The van der Waals surface area contributed by atoms with Gasteiger partial charge in [0.25, 0.3) is 0 Å². The maximum Gasteiger partial charge on any atom is 0.0640 e. The topological polar surface area (TPSA) is 38.0 Å². The molecule has 0 bridgehead atoms. The third-order valence-electron chi connectivity index (χ3n) is 4.61. The summed E-state index contributed by atoms with van der Waals surface area (Å²) in [5, 5.41) is 1.15. The molecule has 2 aromatic carbocycles. The fourth-order valence-corrected chi connectivity index (χ4v) is 3.78. The van der Waals surface area contributed by atoms with Gasteiger partial charge in [-0.15, -0.1) is 0 Å². The average molecular weight is 321 g/mol. The second-order valence-electron chi connectivity index (χ2n) is 5.62. The van der Waals surface area contributed by atoms with Gasteiger partial charge in [0.2, 0.25) is 0 Å². The lowest BCUT2D eigenvalue weighted by Crippen LogP contribution is -2.49. The Morgan fingerprint density at radius 1 is 1.00 bits per heavy atom. The van der Waals surface area contributed by atoms with Crippen LogP contribution in [0.3, 0.4) is 0 Å². The molecule has 110 valence electrons. The molecule has 3 rings (SSSR count). The van der Waals surface area contributed by atoms with E-state index in [1.807, 2.05) is 18.2 Å². The lowest BCUT2D eigenvalue weighted by atomic mass is 9.59. The van der Waals surface area contributed by atoms with Crippen LogP contribution in [0.5, 0.6) is 0 Å². The normalized spacial score (nSPS) is 18.0. The summed E-state index contributed by atoms with van der Waals surface area (Å²) in [5.74, 6) is 5.90. The smallest absolute Gasteiger partial charge is 0.0640 e. The van der Waals surface area contributed by atoms with Gasteiger partial charge in [0.1, 0.15) is 0 Å². The van der Waals surface area contributed by atoms with Crippen molar-refractivity contribution in [2.75, 3.05) is 0 Å². The predicted molar refractivity (Wildman–Crippen MR) is 88.5 cm³/mol. The predicted octanol–water partition coefficient (Wildman–Crippen LogP) is 4.62. The van der Waals surface area contributed by atoms with Crippen LogP contribution >= 0.6 is 23.2 Å². The quantitative estimate of drug-likeness (QED) is 0.637. The number of hydrogen-bond donors (Lipinski definition) is 2. The van der Waals surface area contributed by atoms with Gasteiger partial charge >= 0.3 is 0 Å². The van der Waals surface area contributed by atoms with Gasteiger partial charge in [-0.05, 0) is 30.0 Å². The highest BCUT2D eigenvalue weighted by molar-refractivity contribution is 6.42. The van der Waals surface area contributed by atoms with E-state index < -0.39 is 0 Å². The molecule has 3 N–H and O–H groups in total. The summed E-state index contributed by atoms with van der Waals surface area (Å²) < 4.78 is 0. The largest absolute Gasteiger partial charge is 0.271 e. The third-order valence-corrected chi connectivity index (χ3v) is 5.44. The molecule has 0 saturated heterocycles. The Morgan fingerprint density at radius 3 is 2.29 bits per heavy atom. The van der Waals surface area contributed by atoms with Crippen LogP contribution in [0.25, 0.3) is 0 Å². The van der Waals surface area contributed by atoms with Crippen LogP contribution in [0.4, 0.5) is 0 Å². The summed E-state index contributed by atoms with van der Waals surface area (Å²) in [4.78, 5) is 0. The molecule has 1 aliphatic carbocycles. The van der Waals surface area contributed by atoms with E-state index in [2.05, 4.69) is 29.7 Å². The van der Waals surface area contributed by atoms with Gasteiger partial charge in [0, 0.05) is 5.41 Å². The van der Waals surface area contributed by atoms with Crippen LogP contribution in [0.2, 0.25) is 10.0 Å². The van der Waals surface area contributed by atoms with Gasteiger partial charge in [0.15, 0.2) is 0 Å². The highest BCUT2D eigenvalue weighted by Crippen LogP contribution is 2.53. The second-order valence-corrected chi connectivity index (χ2v) is 6.40. The maximum atomic E-state index is 6.41. The van der Waals surface area contributed by atoms with E-state index in [9.17, 15) is 0 Å². The molecule has 2 aromatic rings. The van der Waals surface area contributed by atoms with E-state index in [0.717, 1.165) is 18.4 Å². The van der Waals surface area contributed by atoms with Crippen molar-refractivity contribution < 1.29 is 0 Å². The van der Waals surface area contributed by atoms with E-state index in [1.54, 1.807) is 6.07 Å². The molecule has 1 atom stereocenters. The minimum atomic E-state index is -0.0418. The van der Waals surface area contributed by atoms with E-state index in [0.29, 0.717) is 10.0 Å². The monoisotopic (exact) mass is 320 g/mol. The molecule has 21 heavy (non-hydrogen) atoms. The van der Waals surface area contributed by atoms with Gasteiger partial charge in [-0.1, -0.05) is 72.1 Å². The summed E-state index contributed by atoms with van der Waals surface area (Å²) >= 11 is 12.6. The standard InChI is InChI=1S/C17H18Cl2N2/c18-14-9-4-8-13(15(14)19)16(21-20)17(10-5-11-17)12-6-2-1-3-7-12/h1-4,6-9,16,21H,5,10-11,20H2. The zero-order valence-electron chi connectivity index (χ0n) is 11.7. The molecule has 2 nitrogen and oxygen atoms in total. The van der Waals surface area contributed by atoms with Crippen molar-refractivity contribution >= 4 is 23.2 Å². The number of nitrogens with one attached hydrogen (secondary N) is 1. The average Bonchev–Trinajstić information content (AvgIpc) is 2.47. The molecule has 1 saturated carbocycles. The molecule has 4 heteroatoms. The second kappa shape index (κ2) is 5.98. The van der Waals surface area contributed by atoms with Crippen molar-refractivity contribution in [3.8, 4) is 0 Å². The molecule has 0 radical (unpaired) electrons. The Kier molecular flexibility index (Phi) is 4.23. The third kappa shape index (κ3) is 2.47.